The molecule has 1 heterocycles. The Kier molecular flexibility index (Phi) is 6.42. The van der Waals surface area contributed by atoms with E-state index in [2.05, 4.69) is 16.3 Å². The molecule has 0 spiro atoms. The van der Waals surface area contributed by atoms with Gasteiger partial charge in [-0.1, -0.05) is 43.2 Å². The van der Waals surface area contributed by atoms with Gasteiger partial charge in [0.1, 0.15) is 11.4 Å². The Morgan fingerprint density at radius 1 is 1.34 bits per heavy atom. The normalized spacial score (nSPS) is 16.8. The lowest BCUT2D eigenvalue weighted by Crippen LogP contribution is -2.52. The van der Waals surface area contributed by atoms with Crippen molar-refractivity contribution < 1.29 is 9.18 Å². The second kappa shape index (κ2) is 8.82. The fourth-order valence-corrected chi connectivity index (χ4v) is 4.53. The molecule has 0 unspecified atom stereocenters. The van der Waals surface area contributed by atoms with E-state index in [0.717, 1.165) is 24.8 Å². The van der Waals surface area contributed by atoms with Gasteiger partial charge in [0, 0.05) is 13.5 Å². The van der Waals surface area contributed by atoms with E-state index in [1.165, 1.54) is 28.6 Å². The van der Waals surface area contributed by atoms with Crippen LogP contribution in [0.5, 0.6) is 0 Å². The quantitative estimate of drug-likeness (QED) is 0.574. The van der Waals surface area contributed by atoms with Crippen molar-refractivity contribution in [2.24, 2.45) is 0 Å². The number of nitrogen functional groups attached to an aromatic ring is 1. The molecule has 1 fully saturated rings. The third kappa shape index (κ3) is 4.53. The number of amides is 1. The Balaban J connectivity index is 1.68. The van der Waals surface area contributed by atoms with Crippen LogP contribution in [0.15, 0.2) is 29.4 Å². The molecule has 0 saturated heterocycles. The van der Waals surface area contributed by atoms with Gasteiger partial charge < -0.3 is 10.7 Å². The summed E-state index contributed by atoms with van der Waals surface area (Å²) in [6.45, 7) is 1.78. The average molecular weight is 417 g/mol. The molecule has 1 aromatic heterocycles. The molecule has 1 atom stereocenters. The minimum atomic E-state index is -0.728. The zero-order valence-corrected chi connectivity index (χ0v) is 17.5. The van der Waals surface area contributed by atoms with Gasteiger partial charge in [0.25, 0.3) is 0 Å². The first kappa shape index (κ1) is 21.1. The van der Waals surface area contributed by atoms with Gasteiger partial charge in [0.15, 0.2) is 5.82 Å². The molecule has 2 aromatic rings. The van der Waals surface area contributed by atoms with Crippen molar-refractivity contribution in [1.82, 2.24) is 19.8 Å². The molecule has 0 radical (unpaired) electrons. The van der Waals surface area contributed by atoms with Crippen LogP contribution >= 0.6 is 11.8 Å². The number of thioether (sulfide) groups is 1. The lowest BCUT2D eigenvalue weighted by atomic mass is 9.81. The van der Waals surface area contributed by atoms with Crippen LogP contribution in [0.4, 0.5) is 4.39 Å². The summed E-state index contributed by atoms with van der Waals surface area (Å²) in [6.07, 6.45) is 4.83. The Bertz CT molecular complexity index is 901. The van der Waals surface area contributed by atoms with E-state index in [1.54, 1.807) is 31.0 Å². The minimum Gasteiger partial charge on any atom is -0.336 e. The number of carbonyl (C=O) groups excluding carboxylic acids is 1. The van der Waals surface area contributed by atoms with Crippen molar-refractivity contribution in [2.45, 2.75) is 61.4 Å². The Morgan fingerprint density at radius 3 is 2.62 bits per heavy atom. The Labute approximate surface area is 174 Å². The molecule has 9 heteroatoms. The molecule has 1 amide bonds. The van der Waals surface area contributed by atoms with E-state index in [0.29, 0.717) is 30.2 Å². The highest BCUT2D eigenvalue weighted by molar-refractivity contribution is 8.00. The smallest absolute Gasteiger partial charge is 0.236 e. The van der Waals surface area contributed by atoms with Crippen LogP contribution in [-0.4, -0.2) is 43.5 Å². The molecule has 29 heavy (non-hydrogen) atoms. The third-order valence-corrected chi connectivity index (χ3v) is 6.55. The summed E-state index contributed by atoms with van der Waals surface area (Å²) in [5.74, 6) is 6.22. The van der Waals surface area contributed by atoms with Gasteiger partial charge in [-0.3, -0.25) is 4.79 Å². The largest absolute Gasteiger partial charge is 0.336 e. The molecule has 1 aromatic carbocycles. The Morgan fingerprint density at radius 2 is 2.00 bits per heavy atom. The first-order chi connectivity index (χ1) is 13.9. The number of nitrogens with two attached hydrogens (primary N) is 1. The first-order valence-electron chi connectivity index (χ1n) is 9.66. The predicted octanol–water partition coefficient (Wildman–Crippen LogP) is 2.89. The van der Waals surface area contributed by atoms with Crippen molar-refractivity contribution in [2.75, 3.05) is 12.9 Å². The minimum absolute atomic E-state index is 0.124. The molecule has 2 N–H and O–H groups in total. The number of benzene rings is 1. The summed E-state index contributed by atoms with van der Waals surface area (Å²) in [6, 6.07) is 8.48. The monoisotopic (exact) mass is 416 g/mol. The average Bonchev–Trinajstić information content (AvgIpc) is 3.08. The maximum atomic E-state index is 13.1. The summed E-state index contributed by atoms with van der Waals surface area (Å²) >= 11 is 1.22. The Hall–Kier alpha value is -2.60. The van der Waals surface area contributed by atoms with Crippen LogP contribution in [-0.2, 0) is 11.2 Å². The van der Waals surface area contributed by atoms with Crippen LogP contribution in [0.25, 0.3) is 0 Å². The molecule has 3 rings (SSSR count). The number of carbonyl (C=O) groups is 1. The van der Waals surface area contributed by atoms with Crippen LogP contribution < -0.4 is 5.84 Å². The molecule has 0 aliphatic heterocycles. The fraction of sp³-hybridized carbons (Fsp3) is 0.500. The number of aromatic nitrogens is 3. The third-order valence-electron chi connectivity index (χ3n) is 5.50. The molecular weight excluding hydrogens is 391 g/mol. The fourth-order valence-electron chi connectivity index (χ4n) is 3.64. The zero-order chi connectivity index (χ0) is 21.0. The summed E-state index contributed by atoms with van der Waals surface area (Å²) in [5.41, 5.74) is 0.132. The van der Waals surface area contributed by atoms with Gasteiger partial charge in [0.2, 0.25) is 11.1 Å². The van der Waals surface area contributed by atoms with Crippen molar-refractivity contribution in [3.05, 3.63) is 41.5 Å². The maximum Gasteiger partial charge on any atom is 0.236 e. The summed E-state index contributed by atoms with van der Waals surface area (Å²) < 4.78 is 14.4. The van der Waals surface area contributed by atoms with Gasteiger partial charge in [-0.25, -0.2) is 9.07 Å². The number of rotatable bonds is 6. The van der Waals surface area contributed by atoms with Crippen molar-refractivity contribution >= 4 is 17.7 Å². The van der Waals surface area contributed by atoms with Crippen LogP contribution in [0.1, 0.15) is 50.4 Å². The van der Waals surface area contributed by atoms with E-state index in [4.69, 9.17) is 5.84 Å². The highest BCUT2D eigenvalue weighted by Crippen LogP contribution is 2.34. The predicted molar refractivity (Wildman–Crippen MR) is 109 cm³/mol. The van der Waals surface area contributed by atoms with Crippen molar-refractivity contribution in [3.8, 4) is 6.07 Å². The molecule has 1 aliphatic carbocycles. The highest BCUT2D eigenvalue weighted by atomic mass is 32.2. The van der Waals surface area contributed by atoms with E-state index >= 15 is 0 Å². The molecule has 1 saturated carbocycles. The van der Waals surface area contributed by atoms with Crippen LogP contribution in [0.2, 0.25) is 0 Å². The van der Waals surface area contributed by atoms with E-state index in [-0.39, 0.29) is 11.7 Å². The summed E-state index contributed by atoms with van der Waals surface area (Å²) in [5, 5.41) is 17.9. The van der Waals surface area contributed by atoms with Crippen molar-refractivity contribution in [1.29, 1.82) is 5.26 Å². The lowest BCUT2D eigenvalue weighted by molar-refractivity contribution is -0.133. The number of halogens is 1. The topological polar surface area (TPSA) is 101 Å². The van der Waals surface area contributed by atoms with Gasteiger partial charge in [0.05, 0.1) is 11.3 Å². The van der Waals surface area contributed by atoms with Gasteiger partial charge >= 0.3 is 0 Å². The molecule has 7 nitrogen and oxygen atoms in total. The van der Waals surface area contributed by atoms with Crippen LogP contribution in [0, 0.1) is 17.1 Å². The number of nitrogens with zero attached hydrogens (tertiary/aromatic N) is 5. The van der Waals surface area contributed by atoms with Crippen molar-refractivity contribution in [3.63, 3.8) is 0 Å². The molecule has 1 aliphatic rings. The van der Waals surface area contributed by atoms with Gasteiger partial charge in [-0.05, 0) is 37.5 Å². The highest BCUT2D eigenvalue weighted by Gasteiger charge is 2.40. The second-order valence-electron chi connectivity index (χ2n) is 7.43. The standard InChI is InChI=1S/C20H25FN6OS/c1-14(18(28)26(2)20(13-22)10-4-3-5-11-20)29-19-25-24-17(27(19)23)12-15-6-8-16(21)9-7-15/h6-9,14H,3-5,10-12,23H2,1-2H3/t14-/m1/s1. The second-order valence-corrected chi connectivity index (χ2v) is 8.74. The first-order valence-corrected chi connectivity index (χ1v) is 10.5. The summed E-state index contributed by atoms with van der Waals surface area (Å²) in [7, 11) is 1.71. The lowest BCUT2D eigenvalue weighted by Gasteiger charge is -2.40. The molecule has 154 valence electrons. The maximum absolute atomic E-state index is 13.1. The van der Waals surface area contributed by atoms with Crippen LogP contribution in [0.3, 0.4) is 0 Å². The van der Waals surface area contributed by atoms with E-state index in [1.807, 2.05) is 0 Å². The summed E-state index contributed by atoms with van der Waals surface area (Å²) in [4.78, 5) is 14.6. The SMILES string of the molecule is C[C@@H](Sc1nnc(Cc2ccc(F)cc2)n1N)C(=O)N(C)C1(C#N)CCCCC1. The molecular formula is C20H25FN6OS. The van der Waals surface area contributed by atoms with Gasteiger partial charge in [-0.15, -0.1) is 10.2 Å². The number of hydrogen-bond acceptors (Lipinski definition) is 6. The molecule has 0 bridgehead atoms. The number of hydrogen-bond donors (Lipinski definition) is 1. The van der Waals surface area contributed by atoms with E-state index in [9.17, 15) is 14.4 Å². The number of nitriles is 1. The zero-order valence-electron chi connectivity index (χ0n) is 16.6. The van der Waals surface area contributed by atoms with E-state index < -0.39 is 10.8 Å². The van der Waals surface area contributed by atoms with Gasteiger partial charge in [-0.2, -0.15) is 5.26 Å².